The lowest BCUT2D eigenvalue weighted by Gasteiger charge is -2.47. The highest BCUT2D eigenvalue weighted by Gasteiger charge is 2.50. The van der Waals surface area contributed by atoms with Gasteiger partial charge in [0.15, 0.2) is 14.1 Å². The number of piperidine rings is 1. The minimum absolute atomic E-state index is 0.104. The van der Waals surface area contributed by atoms with Gasteiger partial charge in [-0.2, -0.15) is 0 Å². The van der Waals surface area contributed by atoms with E-state index in [-0.39, 0.29) is 29.4 Å². The third-order valence-corrected chi connectivity index (χ3v) is 7.00. The molecule has 0 aromatic heterocycles. The molecule has 2 fully saturated rings. The van der Waals surface area contributed by atoms with E-state index in [2.05, 4.69) is 15.8 Å². The number of hydrazine groups is 1. The second-order valence-corrected chi connectivity index (χ2v) is 8.56. The number of halogens is 1. The average molecular weight is 407 g/mol. The molecule has 0 aromatic rings. The number of amides is 2. The van der Waals surface area contributed by atoms with Crippen LogP contribution in [0.25, 0.3) is 0 Å². The maximum absolute atomic E-state index is 12.7. The van der Waals surface area contributed by atoms with Gasteiger partial charge in [0, 0.05) is 12.7 Å². The Hall–Kier alpha value is -0.950. The monoisotopic (exact) mass is 406 g/mol. The van der Waals surface area contributed by atoms with Crippen LogP contribution in [-0.2, 0) is 14.1 Å². The molecule has 2 aliphatic heterocycles. The van der Waals surface area contributed by atoms with Crippen LogP contribution in [0.3, 0.4) is 0 Å². The second-order valence-electron chi connectivity index (χ2n) is 6.59. The summed E-state index contributed by atoms with van der Waals surface area (Å²) in [6.45, 7) is 7.16. The quantitative estimate of drug-likeness (QED) is 0.438. The van der Waals surface area contributed by atoms with Crippen molar-refractivity contribution in [1.29, 1.82) is 0 Å². The number of alkyl halides is 1. The number of carbonyl (C=O) groups excluding carboxylic acids is 3. The summed E-state index contributed by atoms with van der Waals surface area (Å²) in [6.07, 6.45) is 1.80. The third kappa shape index (κ3) is 4.66. The normalized spacial score (nSPS) is 29.5. The molecule has 2 aliphatic rings. The fourth-order valence-corrected chi connectivity index (χ4v) is 5.10. The van der Waals surface area contributed by atoms with Crippen LogP contribution in [0.15, 0.2) is 0 Å². The van der Waals surface area contributed by atoms with Gasteiger partial charge in [-0.05, 0) is 31.2 Å². The van der Waals surface area contributed by atoms with Crippen molar-refractivity contribution in [3.63, 3.8) is 0 Å². The van der Waals surface area contributed by atoms with Gasteiger partial charge in [-0.15, -0.1) is 11.6 Å². The van der Waals surface area contributed by atoms with E-state index in [0.717, 1.165) is 12.6 Å². The van der Waals surface area contributed by atoms with E-state index in [0.29, 0.717) is 19.5 Å². The number of carbonyl (C=O) groups is 3. The maximum atomic E-state index is 12.7. The molecule has 10 heteroatoms. The molecule has 8 nitrogen and oxygen atoms in total. The molecule has 2 amide bonds. The number of rotatable bonds is 7. The lowest BCUT2D eigenvalue weighted by atomic mass is 9.74. The summed E-state index contributed by atoms with van der Waals surface area (Å²) >= 11 is 5.67. The summed E-state index contributed by atoms with van der Waals surface area (Å²) in [4.78, 5) is 37.4. The SMILES string of the molecule is CCCP(NCC)OC(=O)N1NCCC2C(C)C(C(=O)CCl)NC(=O)C21. The Balaban J connectivity index is 2.13. The summed E-state index contributed by atoms with van der Waals surface area (Å²) in [7, 11) is -1.08. The van der Waals surface area contributed by atoms with Crippen LogP contribution in [0.1, 0.15) is 33.6 Å². The van der Waals surface area contributed by atoms with E-state index in [1.54, 1.807) is 0 Å². The lowest BCUT2D eigenvalue weighted by molar-refractivity contribution is -0.142. The molecule has 2 rings (SSSR count). The Labute approximate surface area is 160 Å². The van der Waals surface area contributed by atoms with E-state index >= 15 is 0 Å². The maximum Gasteiger partial charge on any atom is 0.428 e. The summed E-state index contributed by atoms with van der Waals surface area (Å²) in [5, 5.41) is 7.21. The largest absolute Gasteiger partial charge is 0.428 e. The van der Waals surface area contributed by atoms with Crippen LogP contribution in [-0.4, -0.2) is 60.0 Å². The number of nitrogens with one attached hydrogen (secondary N) is 3. The van der Waals surface area contributed by atoms with Gasteiger partial charge in [-0.25, -0.2) is 15.2 Å². The van der Waals surface area contributed by atoms with Crippen molar-refractivity contribution in [2.75, 3.05) is 25.1 Å². The van der Waals surface area contributed by atoms with E-state index in [1.807, 2.05) is 20.8 Å². The second kappa shape index (κ2) is 9.83. The van der Waals surface area contributed by atoms with Gasteiger partial charge >= 0.3 is 6.09 Å². The first-order valence-electron chi connectivity index (χ1n) is 9.09. The summed E-state index contributed by atoms with van der Waals surface area (Å²) in [6, 6.07) is -1.29. The van der Waals surface area contributed by atoms with Crippen LogP contribution in [0, 0.1) is 11.8 Å². The fourth-order valence-electron chi connectivity index (χ4n) is 3.59. The Morgan fingerprint density at radius 1 is 1.42 bits per heavy atom. The molecule has 0 aliphatic carbocycles. The molecule has 5 atom stereocenters. The predicted octanol–water partition coefficient (Wildman–Crippen LogP) is 1.59. The van der Waals surface area contributed by atoms with Crippen molar-refractivity contribution >= 4 is 37.7 Å². The number of Topliss-reactive ketones (excluding diaryl/α,β-unsaturated/α-hetero) is 1. The number of ketones is 1. The highest BCUT2D eigenvalue weighted by Crippen LogP contribution is 2.37. The third-order valence-electron chi connectivity index (χ3n) is 4.84. The Bertz CT molecular complexity index is 532. The first-order chi connectivity index (χ1) is 12.4. The average Bonchev–Trinajstić information content (AvgIpc) is 2.63. The molecule has 0 aromatic carbocycles. The van der Waals surface area contributed by atoms with Crippen molar-refractivity contribution in [2.45, 2.75) is 45.7 Å². The Morgan fingerprint density at radius 2 is 2.15 bits per heavy atom. The van der Waals surface area contributed by atoms with Gasteiger partial charge < -0.3 is 9.84 Å². The Morgan fingerprint density at radius 3 is 2.77 bits per heavy atom. The predicted molar refractivity (Wildman–Crippen MR) is 101 cm³/mol. The summed E-state index contributed by atoms with van der Waals surface area (Å²) < 4.78 is 5.61. The van der Waals surface area contributed by atoms with E-state index < -0.39 is 26.5 Å². The van der Waals surface area contributed by atoms with Gasteiger partial charge in [0.1, 0.15) is 6.04 Å². The zero-order valence-electron chi connectivity index (χ0n) is 15.5. The van der Waals surface area contributed by atoms with Crippen molar-refractivity contribution in [2.24, 2.45) is 11.8 Å². The number of hydrogen-bond donors (Lipinski definition) is 3. The molecular formula is C16H28ClN4O4P. The molecule has 5 unspecified atom stereocenters. The fraction of sp³-hybridized carbons (Fsp3) is 0.812. The van der Waals surface area contributed by atoms with Crippen LogP contribution in [0.5, 0.6) is 0 Å². The van der Waals surface area contributed by atoms with Crippen LogP contribution < -0.4 is 15.8 Å². The van der Waals surface area contributed by atoms with Crippen LogP contribution in [0.4, 0.5) is 4.79 Å². The summed E-state index contributed by atoms with van der Waals surface area (Å²) in [5.74, 6) is -0.902. The molecule has 26 heavy (non-hydrogen) atoms. The van der Waals surface area contributed by atoms with E-state index in [4.69, 9.17) is 16.1 Å². The molecule has 3 N–H and O–H groups in total. The van der Waals surface area contributed by atoms with Crippen molar-refractivity contribution in [3.05, 3.63) is 0 Å². The number of nitrogens with zero attached hydrogens (tertiary/aromatic N) is 1. The van der Waals surface area contributed by atoms with Crippen LogP contribution >= 0.6 is 19.9 Å². The van der Waals surface area contributed by atoms with Gasteiger partial charge in [0.05, 0.1) is 11.9 Å². The molecule has 2 saturated heterocycles. The van der Waals surface area contributed by atoms with Crippen LogP contribution in [0.2, 0.25) is 0 Å². The smallest absolute Gasteiger partial charge is 0.411 e. The van der Waals surface area contributed by atoms with Gasteiger partial charge in [-0.3, -0.25) is 14.7 Å². The number of fused-ring (bicyclic) bond motifs is 1. The minimum atomic E-state index is -1.08. The first kappa shape index (κ1) is 21.4. The molecule has 0 radical (unpaired) electrons. The zero-order valence-corrected chi connectivity index (χ0v) is 17.1. The Kier molecular flexibility index (Phi) is 8.07. The van der Waals surface area contributed by atoms with Crippen molar-refractivity contribution in [1.82, 2.24) is 20.8 Å². The van der Waals surface area contributed by atoms with E-state index in [9.17, 15) is 14.4 Å². The van der Waals surface area contributed by atoms with Gasteiger partial charge in [-0.1, -0.05) is 20.8 Å². The first-order valence-corrected chi connectivity index (χ1v) is 11.1. The minimum Gasteiger partial charge on any atom is -0.411 e. The standard InChI is InChI=1S/C16H28ClN4O4P/c1-4-8-26(19-5-2)25-16(24)21-14-11(6-7-18-21)10(3)13(12(22)9-17)20-15(14)23/h10-11,13-14,18-19H,4-9H2,1-3H3,(H,20,23). The van der Waals surface area contributed by atoms with Gasteiger partial charge in [0.2, 0.25) is 5.91 Å². The molecular weight excluding hydrogens is 379 g/mol. The highest BCUT2D eigenvalue weighted by molar-refractivity contribution is 7.50. The van der Waals surface area contributed by atoms with E-state index in [1.165, 1.54) is 5.01 Å². The number of hydrogen-bond acceptors (Lipinski definition) is 6. The zero-order chi connectivity index (χ0) is 19.3. The summed E-state index contributed by atoms with van der Waals surface area (Å²) in [5.41, 5.74) is 2.99. The lowest BCUT2D eigenvalue weighted by Crippen LogP contribution is -2.69. The van der Waals surface area contributed by atoms with Gasteiger partial charge in [0.25, 0.3) is 0 Å². The van der Waals surface area contributed by atoms with Crippen molar-refractivity contribution in [3.8, 4) is 0 Å². The molecule has 148 valence electrons. The van der Waals surface area contributed by atoms with Crippen molar-refractivity contribution < 1.29 is 18.9 Å². The topological polar surface area (TPSA) is 99.8 Å². The molecule has 2 heterocycles. The highest BCUT2D eigenvalue weighted by atomic mass is 35.5. The molecule has 0 bridgehead atoms. The molecule has 0 spiro atoms. The molecule has 0 saturated carbocycles.